The van der Waals surface area contributed by atoms with Crippen LogP contribution in [0.1, 0.15) is 15.9 Å². The van der Waals surface area contributed by atoms with Gasteiger partial charge in [-0.2, -0.15) is 5.26 Å². The van der Waals surface area contributed by atoms with Crippen molar-refractivity contribution in [3.05, 3.63) is 53.7 Å². The van der Waals surface area contributed by atoms with E-state index < -0.39 is 0 Å². The van der Waals surface area contributed by atoms with Crippen molar-refractivity contribution in [1.29, 1.82) is 5.26 Å². The number of nitriles is 1. The second-order valence-corrected chi connectivity index (χ2v) is 3.79. The highest BCUT2D eigenvalue weighted by atomic mass is 16.1. The number of nitrogens with zero attached hydrogens (tertiary/aromatic N) is 2. The fourth-order valence-electron chi connectivity index (χ4n) is 1.59. The van der Waals surface area contributed by atoms with E-state index in [0.29, 0.717) is 22.6 Å². The molecule has 1 aromatic carbocycles. The summed E-state index contributed by atoms with van der Waals surface area (Å²) in [5.74, 6) is 0.336. The van der Waals surface area contributed by atoms with Crippen LogP contribution in [0, 0.1) is 11.3 Å². The van der Waals surface area contributed by atoms with E-state index in [-0.39, 0.29) is 5.91 Å². The van der Waals surface area contributed by atoms with Gasteiger partial charge in [-0.25, -0.2) is 4.98 Å². The van der Waals surface area contributed by atoms with Crippen LogP contribution in [-0.4, -0.2) is 17.9 Å². The van der Waals surface area contributed by atoms with Gasteiger partial charge in [-0.15, -0.1) is 0 Å². The van der Waals surface area contributed by atoms with Crippen LogP contribution in [0.15, 0.2) is 42.6 Å². The van der Waals surface area contributed by atoms with Gasteiger partial charge >= 0.3 is 0 Å². The number of amides is 1. The summed E-state index contributed by atoms with van der Waals surface area (Å²) < 4.78 is 0. The molecule has 0 atom stereocenters. The molecule has 1 heterocycles. The lowest BCUT2D eigenvalue weighted by atomic mass is 10.2. The van der Waals surface area contributed by atoms with Gasteiger partial charge in [-0.05, 0) is 24.3 Å². The van der Waals surface area contributed by atoms with Crippen molar-refractivity contribution in [2.24, 2.45) is 0 Å². The number of benzene rings is 1. The number of para-hydroxylation sites is 1. The molecule has 0 saturated heterocycles. The van der Waals surface area contributed by atoms with E-state index in [1.54, 1.807) is 49.6 Å². The number of carbonyl (C=O) groups is 1. The van der Waals surface area contributed by atoms with Gasteiger partial charge in [0, 0.05) is 18.8 Å². The fraction of sp³-hybridized carbons (Fsp3) is 0.0714. The molecule has 0 saturated carbocycles. The highest BCUT2D eigenvalue weighted by molar-refractivity contribution is 6.05. The maximum absolute atomic E-state index is 12.1. The van der Waals surface area contributed by atoms with Crippen LogP contribution in [0.2, 0.25) is 0 Å². The molecular formula is C14H12N4O. The van der Waals surface area contributed by atoms with Crippen LogP contribution in [0.4, 0.5) is 11.5 Å². The molecule has 0 bridgehead atoms. The number of carbonyl (C=O) groups excluding carboxylic acids is 1. The molecule has 0 unspecified atom stereocenters. The van der Waals surface area contributed by atoms with E-state index in [2.05, 4.69) is 15.6 Å². The molecule has 94 valence electrons. The molecule has 1 amide bonds. The SMILES string of the molecule is CNc1cc(C(=O)Nc2ccccc2C#N)ccn1. The Labute approximate surface area is 110 Å². The highest BCUT2D eigenvalue weighted by Crippen LogP contribution is 2.15. The van der Waals surface area contributed by atoms with Crippen molar-refractivity contribution in [3.8, 4) is 6.07 Å². The first kappa shape index (κ1) is 12.6. The molecule has 0 fully saturated rings. The average Bonchev–Trinajstić information content (AvgIpc) is 2.47. The molecule has 2 aromatic rings. The number of rotatable bonds is 3. The smallest absolute Gasteiger partial charge is 0.255 e. The third-order valence-corrected chi connectivity index (χ3v) is 2.57. The Balaban J connectivity index is 2.23. The standard InChI is InChI=1S/C14H12N4O/c1-16-13-8-10(6-7-17-13)14(19)18-12-5-3-2-4-11(12)9-15/h2-8H,1H3,(H,16,17)(H,18,19). The van der Waals surface area contributed by atoms with Gasteiger partial charge in [0.25, 0.3) is 5.91 Å². The first-order valence-electron chi connectivity index (χ1n) is 5.69. The molecule has 0 aliphatic rings. The zero-order valence-electron chi connectivity index (χ0n) is 10.3. The van der Waals surface area contributed by atoms with Gasteiger partial charge in [-0.3, -0.25) is 4.79 Å². The monoisotopic (exact) mass is 252 g/mol. The topological polar surface area (TPSA) is 77.8 Å². The molecule has 0 aliphatic heterocycles. The minimum absolute atomic E-state index is 0.276. The Bertz CT molecular complexity index is 646. The normalized spacial score (nSPS) is 9.47. The van der Waals surface area contributed by atoms with Gasteiger partial charge in [0.15, 0.2) is 0 Å². The van der Waals surface area contributed by atoms with E-state index in [4.69, 9.17) is 5.26 Å². The summed E-state index contributed by atoms with van der Waals surface area (Å²) in [6.07, 6.45) is 1.55. The van der Waals surface area contributed by atoms with Gasteiger partial charge in [-0.1, -0.05) is 12.1 Å². The molecule has 0 aliphatic carbocycles. The maximum atomic E-state index is 12.1. The number of aromatic nitrogens is 1. The minimum Gasteiger partial charge on any atom is -0.373 e. The van der Waals surface area contributed by atoms with Gasteiger partial charge < -0.3 is 10.6 Å². The van der Waals surface area contributed by atoms with E-state index in [1.165, 1.54) is 0 Å². The molecule has 19 heavy (non-hydrogen) atoms. The van der Waals surface area contributed by atoms with Crippen LogP contribution < -0.4 is 10.6 Å². The van der Waals surface area contributed by atoms with Crippen LogP contribution in [0.25, 0.3) is 0 Å². The summed E-state index contributed by atoms with van der Waals surface area (Å²) in [5, 5.41) is 14.5. The average molecular weight is 252 g/mol. The maximum Gasteiger partial charge on any atom is 0.255 e. The van der Waals surface area contributed by atoms with E-state index in [1.807, 2.05) is 6.07 Å². The minimum atomic E-state index is -0.276. The van der Waals surface area contributed by atoms with E-state index in [0.717, 1.165) is 0 Å². The molecule has 5 heteroatoms. The van der Waals surface area contributed by atoms with Crippen molar-refractivity contribution < 1.29 is 4.79 Å². The number of hydrogen-bond donors (Lipinski definition) is 2. The van der Waals surface area contributed by atoms with Gasteiger partial charge in [0.05, 0.1) is 11.3 Å². The largest absolute Gasteiger partial charge is 0.373 e. The molecule has 2 N–H and O–H groups in total. The molecule has 1 aromatic heterocycles. The summed E-state index contributed by atoms with van der Waals surface area (Å²) >= 11 is 0. The number of anilines is 2. The zero-order valence-corrected chi connectivity index (χ0v) is 10.3. The summed E-state index contributed by atoms with van der Waals surface area (Å²) in [6, 6.07) is 12.2. The lowest BCUT2D eigenvalue weighted by Crippen LogP contribution is -2.13. The van der Waals surface area contributed by atoms with Crippen molar-refractivity contribution >= 4 is 17.4 Å². The van der Waals surface area contributed by atoms with E-state index in [9.17, 15) is 4.79 Å². The predicted octanol–water partition coefficient (Wildman–Crippen LogP) is 2.25. The Morgan fingerprint density at radius 2 is 2.11 bits per heavy atom. The molecular weight excluding hydrogens is 240 g/mol. The van der Waals surface area contributed by atoms with Crippen LogP contribution in [0.3, 0.4) is 0 Å². The molecule has 2 rings (SSSR count). The third kappa shape index (κ3) is 2.87. The molecule has 0 radical (unpaired) electrons. The number of pyridine rings is 1. The van der Waals surface area contributed by atoms with Crippen molar-refractivity contribution in [1.82, 2.24) is 4.98 Å². The fourth-order valence-corrected chi connectivity index (χ4v) is 1.59. The Morgan fingerprint density at radius 3 is 2.84 bits per heavy atom. The lowest BCUT2D eigenvalue weighted by molar-refractivity contribution is 0.102. The quantitative estimate of drug-likeness (QED) is 0.878. The van der Waals surface area contributed by atoms with Crippen molar-refractivity contribution in [3.63, 3.8) is 0 Å². The molecule has 0 spiro atoms. The van der Waals surface area contributed by atoms with Crippen molar-refractivity contribution in [2.45, 2.75) is 0 Å². The lowest BCUT2D eigenvalue weighted by Gasteiger charge is -2.07. The van der Waals surface area contributed by atoms with Crippen LogP contribution >= 0.6 is 0 Å². The van der Waals surface area contributed by atoms with Crippen molar-refractivity contribution in [2.75, 3.05) is 17.7 Å². The Hall–Kier alpha value is -2.87. The summed E-state index contributed by atoms with van der Waals surface area (Å²) in [6.45, 7) is 0. The molecule has 5 nitrogen and oxygen atoms in total. The second-order valence-electron chi connectivity index (χ2n) is 3.79. The summed E-state index contributed by atoms with van der Waals surface area (Å²) in [4.78, 5) is 16.1. The van der Waals surface area contributed by atoms with E-state index >= 15 is 0 Å². The van der Waals surface area contributed by atoms with Gasteiger partial charge in [0.1, 0.15) is 11.9 Å². The second kappa shape index (κ2) is 5.65. The Morgan fingerprint density at radius 1 is 1.32 bits per heavy atom. The summed E-state index contributed by atoms with van der Waals surface area (Å²) in [5.41, 5.74) is 1.41. The van der Waals surface area contributed by atoms with Gasteiger partial charge in [0.2, 0.25) is 0 Å². The first-order chi connectivity index (χ1) is 9.24. The number of hydrogen-bond acceptors (Lipinski definition) is 4. The predicted molar refractivity (Wildman–Crippen MR) is 72.9 cm³/mol. The first-order valence-corrected chi connectivity index (χ1v) is 5.69. The van der Waals surface area contributed by atoms with Crippen LogP contribution in [-0.2, 0) is 0 Å². The Kier molecular flexibility index (Phi) is 3.74. The zero-order chi connectivity index (χ0) is 13.7. The third-order valence-electron chi connectivity index (χ3n) is 2.57. The summed E-state index contributed by atoms with van der Waals surface area (Å²) in [7, 11) is 1.73. The van der Waals surface area contributed by atoms with Crippen LogP contribution in [0.5, 0.6) is 0 Å². The number of nitrogens with one attached hydrogen (secondary N) is 2. The highest BCUT2D eigenvalue weighted by Gasteiger charge is 2.09.